The van der Waals surface area contributed by atoms with Crippen LogP contribution in [-0.2, 0) is 11.2 Å². The molecule has 26 heavy (non-hydrogen) atoms. The van der Waals surface area contributed by atoms with Gasteiger partial charge < -0.3 is 20.3 Å². The Hall–Kier alpha value is -2.38. The molecule has 0 spiro atoms. The largest absolute Gasteiger partial charge is 0.450 e. The second-order valence-corrected chi connectivity index (χ2v) is 6.09. The number of hydrogen-bond donors (Lipinski definition) is 2. The van der Waals surface area contributed by atoms with Gasteiger partial charge in [-0.3, -0.25) is 4.99 Å². The first kappa shape index (κ1) is 19.9. The van der Waals surface area contributed by atoms with Crippen LogP contribution in [0.1, 0.15) is 25.3 Å². The van der Waals surface area contributed by atoms with Crippen LogP contribution in [0, 0.1) is 11.6 Å². The number of rotatable bonds is 5. The first-order valence-corrected chi connectivity index (χ1v) is 8.86. The Kier molecular flexibility index (Phi) is 7.62. The number of carbonyl (C=O) groups excluding carboxylic acids is 1. The fraction of sp³-hybridized carbons (Fsp3) is 0.556. The highest BCUT2D eigenvalue weighted by Crippen LogP contribution is 2.12. The van der Waals surface area contributed by atoms with E-state index in [-0.39, 0.29) is 12.1 Å². The summed E-state index contributed by atoms with van der Waals surface area (Å²) in [5, 5.41) is 6.41. The molecule has 144 valence electrons. The van der Waals surface area contributed by atoms with E-state index in [1.54, 1.807) is 18.9 Å². The maximum atomic E-state index is 13.6. The van der Waals surface area contributed by atoms with Crippen LogP contribution < -0.4 is 10.6 Å². The summed E-state index contributed by atoms with van der Waals surface area (Å²) in [5.41, 5.74) is 0.329. The average Bonchev–Trinajstić information content (AvgIpc) is 2.64. The van der Waals surface area contributed by atoms with Crippen LogP contribution >= 0.6 is 0 Å². The molecule has 0 bridgehead atoms. The molecular weight excluding hydrogens is 342 g/mol. The van der Waals surface area contributed by atoms with Gasteiger partial charge in [-0.05, 0) is 49.9 Å². The topological polar surface area (TPSA) is 66.0 Å². The number of nitrogens with one attached hydrogen (secondary N) is 2. The molecule has 2 N–H and O–H groups in total. The summed E-state index contributed by atoms with van der Waals surface area (Å²) in [5.74, 6) is -0.254. The second-order valence-electron chi connectivity index (χ2n) is 6.09. The second kappa shape index (κ2) is 9.94. The Morgan fingerprint density at radius 1 is 1.35 bits per heavy atom. The smallest absolute Gasteiger partial charge is 0.409 e. The average molecular weight is 368 g/mol. The normalized spacial score (nSPS) is 15.7. The van der Waals surface area contributed by atoms with Crippen molar-refractivity contribution in [1.29, 1.82) is 0 Å². The summed E-state index contributed by atoms with van der Waals surface area (Å²) < 4.78 is 31.8. The molecule has 0 unspecified atom stereocenters. The Labute approximate surface area is 152 Å². The molecule has 1 aromatic carbocycles. The van der Waals surface area contributed by atoms with E-state index in [1.807, 2.05) is 0 Å². The Balaban J connectivity index is 1.75. The standard InChI is InChI=1S/C18H26F2N4O2/c1-3-26-18(25)24-10-7-15(8-11-24)23-17(21-2)22-9-6-13-12-14(19)4-5-16(13)20/h4-5,12,15H,3,6-11H2,1-2H3,(H2,21,22,23). The Morgan fingerprint density at radius 3 is 2.73 bits per heavy atom. The number of likely N-dealkylation sites (tertiary alicyclic amines) is 1. The number of benzene rings is 1. The van der Waals surface area contributed by atoms with Crippen molar-refractivity contribution in [3.05, 3.63) is 35.4 Å². The van der Waals surface area contributed by atoms with Gasteiger partial charge in [-0.25, -0.2) is 13.6 Å². The molecule has 8 heteroatoms. The maximum absolute atomic E-state index is 13.6. The lowest BCUT2D eigenvalue weighted by molar-refractivity contribution is 0.0963. The number of halogens is 2. The molecule has 0 aliphatic carbocycles. The third kappa shape index (κ3) is 5.86. The van der Waals surface area contributed by atoms with Crippen LogP contribution in [0.4, 0.5) is 13.6 Å². The summed E-state index contributed by atoms with van der Waals surface area (Å²) in [6.45, 7) is 3.85. The third-order valence-electron chi connectivity index (χ3n) is 4.28. The molecular formula is C18H26F2N4O2. The van der Waals surface area contributed by atoms with Gasteiger partial charge >= 0.3 is 6.09 Å². The molecule has 0 saturated carbocycles. The van der Waals surface area contributed by atoms with Crippen LogP contribution in [0.15, 0.2) is 23.2 Å². The van der Waals surface area contributed by atoms with E-state index in [0.717, 1.165) is 25.0 Å². The molecule has 1 fully saturated rings. The van der Waals surface area contributed by atoms with Crippen molar-refractivity contribution < 1.29 is 18.3 Å². The van der Waals surface area contributed by atoms with Crippen molar-refractivity contribution in [2.24, 2.45) is 4.99 Å². The van der Waals surface area contributed by atoms with Crippen molar-refractivity contribution in [2.45, 2.75) is 32.2 Å². The number of aliphatic imine (C=N–C) groups is 1. The van der Waals surface area contributed by atoms with E-state index in [4.69, 9.17) is 4.74 Å². The predicted molar refractivity (Wildman–Crippen MR) is 96.2 cm³/mol. The highest BCUT2D eigenvalue weighted by Gasteiger charge is 2.23. The van der Waals surface area contributed by atoms with Gasteiger partial charge in [0, 0.05) is 32.7 Å². The minimum atomic E-state index is -0.447. The summed E-state index contributed by atoms with van der Waals surface area (Å²) >= 11 is 0. The quantitative estimate of drug-likeness (QED) is 0.618. The third-order valence-corrected chi connectivity index (χ3v) is 4.28. The van der Waals surface area contributed by atoms with E-state index in [0.29, 0.717) is 44.2 Å². The van der Waals surface area contributed by atoms with Gasteiger partial charge in [0.05, 0.1) is 6.61 Å². The van der Waals surface area contributed by atoms with Crippen LogP contribution in [0.2, 0.25) is 0 Å². The van der Waals surface area contributed by atoms with Crippen molar-refractivity contribution in [2.75, 3.05) is 33.3 Å². The monoisotopic (exact) mass is 368 g/mol. The van der Waals surface area contributed by atoms with Crippen molar-refractivity contribution >= 4 is 12.1 Å². The number of guanidine groups is 1. The molecule has 1 heterocycles. The van der Waals surface area contributed by atoms with Crippen LogP contribution in [-0.4, -0.2) is 56.3 Å². The SMILES string of the molecule is CCOC(=O)N1CCC(NC(=NC)NCCc2cc(F)ccc2F)CC1. The number of amides is 1. The highest BCUT2D eigenvalue weighted by molar-refractivity contribution is 5.80. The van der Waals surface area contributed by atoms with Gasteiger partial charge in [-0.2, -0.15) is 0 Å². The zero-order valence-corrected chi connectivity index (χ0v) is 15.2. The zero-order valence-electron chi connectivity index (χ0n) is 15.2. The lowest BCUT2D eigenvalue weighted by Crippen LogP contribution is -2.50. The van der Waals surface area contributed by atoms with Gasteiger partial charge in [0.25, 0.3) is 0 Å². The Morgan fingerprint density at radius 2 is 2.08 bits per heavy atom. The van der Waals surface area contributed by atoms with Crippen molar-refractivity contribution in [1.82, 2.24) is 15.5 Å². The zero-order chi connectivity index (χ0) is 18.9. The predicted octanol–water partition coefficient (Wildman–Crippen LogP) is 2.29. The van der Waals surface area contributed by atoms with Crippen molar-refractivity contribution in [3.63, 3.8) is 0 Å². The van der Waals surface area contributed by atoms with E-state index in [9.17, 15) is 13.6 Å². The van der Waals surface area contributed by atoms with Crippen molar-refractivity contribution in [3.8, 4) is 0 Å². The number of ether oxygens (including phenoxy) is 1. The number of carbonyl (C=O) groups is 1. The lowest BCUT2D eigenvalue weighted by Gasteiger charge is -2.32. The van der Waals surface area contributed by atoms with Gasteiger partial charge in [-0.15, -0.1) is 0 Å². The molecule has 1 aliphatic heterocycles. The van der Waals surface area contributed by atoms with Crippen LogP contribution in [0.25, 0.3) is 0 Å². The molecule has 2 rings (SSSR count). The van der Waals surface area contributed by atoms with E-state index >= 15 is 0 Å². The first-order valence-electron chi connectivity index (χ1n) is 8.86. The maximum Gasteiger partial charge on any atom is 0.409 e. The minimum Gasteiger partial charge on any atom is -0.450 e. The molecule has 0 radical (unpaired) electrons. The molecule has 0 atom stereocenters. The summed E-state index contributed by atoms with van der Waals surface area (Å²) in [6, 6.07) is 3.64. The Bertz CT molecular complexity index is 632. The number of nitrogens with zero attached hydrogens (tertiary/aromatic N) is 2. The van der Waals surface area contributed by atoms with Gasteiger partial charge in [-0.1, -0.05) is 0 Å². The minimum absolute atomic E-state index is 0.192. The molecule has 6 nitrogen and oxygen atoms in total. The van der Waals surface area contributed by atoms with Gasteiger partial charge in [0.15, 0.2) is 5.96 Å². The van der Waals surface area contributed by atoms with Gasteiger partial charge in [0.1, 0.15) is 11.6 Å². The summed E-state index contributed by atoms with van der Waals surface area (Å²) in [6.07, 6.45) is 1.66. The van der Waals surface area contributed by atoms with E-state index in [2.05, 4.69) is 15.6 Å². The molecule has 1 amide bonds. The molecule has 1 saturated heterocycles. The first-order chi connectivity index (χ1) is 12.5. The number of hydrogen-bond acceptors (Lipinski definition) is 3. The lowest BCUT2D eigenvalue weighted by atomic mass is 10.1. The number of piperidine rings is 1. The fourth-order valence-electron chi connectivity index (χ4n) is 2.86. The summed E-state index contributed by atoms with van der Waals surface area (Å²) in [7, 11) is 1.66. The molecule has 0 aromatic heterocycles. The molecule has 1 aliphatic rings. The fourth-order valence-corrected chi connectivity index (χ4v) is 2.86. The van der Waals surface area contributed by atoms with Gasteiger partial charge in [0.2, 0.25) is 0 Å². The van der Waals surface area contributed by atoms with E-state index in [1.165, 1.54) is 6.07 Å². The van der Waals surface area contributed by atoms with E-state index < -0.39 is 11.6 Å². The highest BCUT2D eigenvalue weighted by atomic mass is 19.1. The summed E-state index contributed by atoms with van der Waals surface area (Å²) in [4.78, 5) is 17.6. The van der Waals surface area contributed by atoms with Crippen LogP contribution in [0.5, 0.6) is 0 Å². The molecule has 1 aromatic rings. The van der Waals surface area contributed by atoms with Crippen LogP contribution in [0.3, 0.4) is 0 Å².